The van der Waals surface area contributed by atoms with E-state index in [1.165, 1.54) is 6.42 Å². The molecule has 1 N–H and O–H groups in total. The lowest BCUT2D eigenvalue weighted by Gasteiger charge is -2.53. The summed E-state index contributed by atoms with van der Waals surface area (Å²) in [5, 5.41) is 3.58. The predicted molar refractivity (Wildman–Crippen MR) is 66.7 cm³/mol. The van der Waals surface area contributed by atoms with Gasteiger partial charge in [0.2, 0.25) is 0 Å². The summed E-state index contributed by atoms with van der Waals surface area (Å²) < 4.78 is 11.1. The minimum atomic E-state index is 0.308. The number of hydrogen-bond acceptors (Lipinski definition) is 3. The third kappa shape index (κ3) is 2.96. The maximum Gasteiger partial charge on any atom is 0.0658 e. The lowest BCUT2D eigenvalue weighted by Crippen LogP contribution is -2.62. The molecule has 3 atom stereocenters. The van der Waals surface area contributed by atoms with E-state index < -0.39 is 0 Å². The summed E-state index contributed by atoms with van der Waals surface area (Å²) in [6, 6.07) is 0.592. The van der Waals surface area contributed by atoms with Crippen molar-refractivity contribution >= 4 is 0 Å². The van der Waals surface area contributed by atoms with Crippen LogP contribution in [-0.2, 0) is 9.47 Å². The second-order valence-corrected chi connectivity index (χ2v) is 4.74. The smallest absolute Gasteiger partial charge is 0.0658 e. The van der Waals surface area contributed by atoms with Crippen molar-refractivity contribution in [2.24, 2.45) is 5.41 Å². The van der Waals surface area contributed by atoms with E-state index >= 15 is 0 Å². The summed E-state index contributed by atoms with van der Waals surface area (Å²) in [4.78, 5) is 0. The SMILES string of the molecule is CCOCCNC1CC(OCC)C1(C)CC. The first-order valence-electron chi connectivity index (χ1n) is 6.61. The molecule has 0 saturated heterocycles. The van der Waals surface area contributed by atoms with Gasteiger partial charge in [0.1, 0.15) is 0 Å². The number of hydrogen-bond donors (Lipinski definition) is 1. The van der Waals surface area contributed by atoms with Crippen LogP contribution in [0, 0.1) is 5.41 Å². The van der Waals surface area contributed by atoms with Crippen molar-refractivity contribution in [2.75, 3.05) is 26.4 Å². The molecule has 1 saturated carbocycles. The van der Waals surface area contributed by atoms with Gasteiger partial charge >= 0.3 is 0 Å². The van der Waals surface area contributed by atoms with Crippen LogP contribution in [0.4, 0.5) is 0 Å². The molecule has 1 rings (SSSR count). The normalized spacial score (nSPS) is 33.8. The molecule has 0 bridgehead atoms. The lowest BCUT2D eigenvalue weighted by molar-refractivity contribution is -0.126. The van der Waals surface area contributed by atoms with Crippen LogP contribution in [-0.4, -0.2) is 38.5 Å². The van der Waals surface area contributed by atoms with Crippen LogP contribution in [0.5, 0.6) is 0 Å². The van der Waals surface area contributed by atoms with Crippen molar-refractivity contribution in [3.05, 3.63) is 0 Å². The van der Waals surface area contributed by atoms with Gasteiger partial charge in [-0.1, -0.05) is 13.8 Å². The van der Waals surface area contributed by atoms with Crippen molar-refractivity contribution in [1.82, 2.24) is 5.32 Å². The number of rotatable bonds is 8. The molecule has 3 heteroatoms. The van der Waals surface area contributed by atoms with Crippen molar-refractivity contribution in [2.45, 2.75) is 52.7 Å². The summed E-state index contributed by atoms with van der Waals surface area (Å²) in [5.74, 6) is 0. The van der Waals surface area contributed by atoms with Gasteiger partial charge in [0, 0.05) is 31.2 Å². The summed E-state index contributed by atoms with van der Waals surface area (Å²) >= 11 is 0. The molecule has 0 amide bonds. The van der Waals surface area contributed by atoms with Crippen LogP contribution >= 0.6 is 0 Å². The van der Waals surface area contributed by atoms with E-state index in [1.807, 2.05) is 6.92 Å². The van der Waals surface area contributed by atoms with E-state index in [9.17, 15) is 0 Å². The van der Waals surface area contributed by atoms with Crippen LogP contribution in [0.3, 0.4) is 0 Å². The third-order valence-corrected chi connectivity index (χ3v) is 3.95. The molecule has 1 fully saturated rings. The van der Waals surface area contributed by atoms with Gasteiger partial charge in [-0.15, -0.1) is 0 Å². The van der Waals surface area contributed by atoms with Gasteiger partial charge in [0.25, 0.3) is 0 Å². The Hall–Kier alpha value is -0.120. The highest BCUT2D eigenvalue weighted by Crippen LogP contribution is 2.45. The highest BCUT2D eigenvalue weighted by molar-refractivity contribution is 5.04. The molecule has 0 aliphatic heterocycles. The first-order chi connectivity index (χ1) is 7.69. The fourth-order valence-electron chi connectivity index (χ4n) is 2.52. The molecule has 96 valence electrons. The van der Waals surface area contributed by atoms with Crippen molar-refractivity contribution in [3.63, 3.8) is 0 Å². The van der Waals surface area contributed by atoms with Gasteiger partial charge in [-0.2, -0.15) is 0 Å². The van der Waals surface area contributed by atoms with Crippen LogP contribution in [0.25, 0.3) is 0 Å². The van der Waals surface area contributed by atoms with E-state index in [0.717, 1.165) is 32.8 Å². The second kappa shape index (κ2) is 6.58. The molecule has 0 aromatic heterocycles. The van der Waals surface area contributed by atoms with Crippen LogP contribution in [0.1, 0.15) is 40.5 Å². The minimum Gasteiger partial charge on any atom is -0.380 e. The Morgan fingerprint density at radius 2 is 2.00 bits per heavy atom. The number of nitrogens with one attached hydrogen (secondary N) is 1. The van der Waals surface area contributed by atoms with Crippen LogP contribution in [0.15, 0.2) is 0 Å². The van der Waals surface area contributed by atoms with E-state index in [1.54, 1.807) is 0 Å². The number of ether oxygens (including phenoxy) is 2. The molecule has 0 aromatic rings. The molecule has 0 aromatic carbocycles. The molecule has 0 radical (unpaired) electrons. The quantitative estimate of drug-likeness (QED) is 0.647. The Bertz CT molecular complexity index is 198. The Kier molecular flexibility index (Phi) is 5.73. The zero-order chi connectivity index (χ0) is 12.0. The zero-order valence-electron chi connectivity index (χ0n) is 11.2. The molecule has 16 heavy (non-hydrogen) atoms. The van der Waals surface area contributed by atoms with E-state index in [-0.39, 0.29) is 0 Å². The molecule has 1 aliphatic rings. The van der Waals surface area contributed by atoms with Gasteiger partial charge in [0.15, 0.2) is 0 Å². The summed E-state index contributed by atoms with van der Waals surface area (Å²) in [5.41, 5.74) is 0.308. The second-order valence-electron chi connectivity index (χ2n) is 4.74. The van der Waals surface area contributed by atoms with Gasteiger partial charge in [-0.05, 0) is 26.7 Å². The molecule has 3 nitrogen and oxygen atoms in total. The van der Waals surface area contributed by atoms with Gasteiger partial charge in [-0.3, -0.25) is 0 Å². The zero-order valence-corrected chi connectivity index (χ0v) is 11.2. The molecule has 0 heterocycles. The van der Waals surface area contributed by atoms with E-state index in [0.29, 0.717) is 17.6 Å². The predicted octanol–water partition coefficient (Wildman–Crippen LogP) is 2.21. The Labute approximate surface area is 99.9 Å². The van der Waals surface area contributed by atoms with Gasteiger partial charge < -0.3 is 14.8 Å². The van der Waals surface area contributed by atoms with Crippen LogP contribution in [0.2, 0.25) is 0 Å². The maximum atomic E-state index is 5.77. The summed E-state index contributed by atoms with van der Waals surface area (Å²) in [7, 11) is 0. The topological polar surface area (TPSA) is 30.5 Å². The fraction of sp³-hybridized carbons (Fsp3) is 1.00. The maximum absolute atomic E-state index is 5.77. The van der Waals surface area contributed by atoms with Crippen molar-refractivity contribution in [3.8, 4) is 0 Å². The fourth-order valence-corrected chi connectivity index (χ4v) is 2.52. The molecular formula is C13H27NO2. The average molecular weight is 229 g/mol. The minimum absolute atomic E-state index is 0.308. The Morgan fingerprint density at radius 3 is 2.56 bits per heavy atom. The third-order valence-electron chi connectivity index (χ3n) is 3.95. The van der Waals surface area contributed by atoms with Gasteiger partial charge in [-0.25, -0.2) is 0 Å². The highest BCUT2D eigenvalue weighted by Gasteiger charge is 2.50. The molecule has 0 spiro atoms. The van der Waals surface area contributed by atoms with Gasteiger partial charge in [0.05, 0.1) is 12.7 Å². The summed E-state index contributed by atoms with van der Waals surface area (Å²) in [6.45, 7) is 12.1. The van der Waals surface area contributed by atoms with Crippen molar-refractivity contribution < 1.29 is 9.47 Å². The largest absolute Gasteiger partial charge is 0.380 e. The molecular weight excluding hydrogens is 202 g/mol. The monoisotopic (exact) mass is 229 g/mol. The average Bonchev–Trinajstić information content (AvgIpc) is 2.30. The first-order valence-corrected chi connectivity index (χ1v) is 6.61. The first kappa shape index (κ1) is 13.9. The molecule has 1 aliphatic carbocycles. The summed E-state index contributed by atoms with van der Waals surface area (Å²) in [6.07, 6.45) is 2.75. The van der Waals surface area contributed by atoms with Crippen molar-refractivity contribution in [1.29, 1.82) is 0 Å². The van der Waals surface area contributed by atoms with Crippen LogP contribution < -0.4 is 5.32 Å². The lowest BCUT2D eigenvalue weighted by atomic mass is 9.61. The standard InChI is InChI=1S/C13H27NO2/c1-5-13(4)11(10-12(13)16-7-3)14-8-9-15-6-2/h11-12,14H,5-10H2,1-4H3. The highest BCUT2D eigenvalue weighted by atomic mass is 16.5. The van der Waals surface area contributed by atoms with E-state index in [4.69, 9.17) is 9.47 Å². The Morgan fingerprint density at radius 1 is 1.25 bits per heavy atom. The molecule has 3 unspecified atom stereocenters. The van der Waals surface area contributed by atoms with E-state index in [2.05, 4.69) is 26.1 Å². The Balaban J connectivity index is 2.28.